The molecule has 8 heterocycles. The van der Waals surface area contributed by atoms with Crippen LogP contribution in [-0.4, -0.2) is 143 Å². The number of ether oxygens (including phenoxy) is 1. The fraction of sp³-hybridized carbons (Fsp3) is 0.519. The summed E-state index contributed by atoms with van der Waals surface area (Å²) in [5, 5.41) is 19.0. The van der Waals surface area contributed by atoms with Crippen molar-refractivity contribution in [3.05, 3.63) is 76.7 Å². The number of likely N-dealkylation sites (tertiary alicyclic amines) is 1. The molecule has 5 aromatic rings. The van der Waals surface area contributed by atoms with Crippen molar-refractivity contribution < 1.29 is 28.6 Å². The van der Waals surface area contributed by atoms with Crippen LogP contribution in [-0.2, 0) is 16.1 Å². The van der Waals surface area contributed by atoms with Crippen LogP contribution >= 0.6 is 11.6 Å². The molecule has 7 fully saturated rings. The maximum Gasteiger partial charge on any atom is 0.319 e. The van der Waals surface area contributed by atoms with E-state index in [0.717, 1.165) is 108 Å². The number of anilines is 2. The summed E-state index contributed by atoms with van der Waals surface area (Å²) in [7, 11) is 0. The van der Waals surface area contributed by atoms with Gasteiger partial charge in [-0.2, -0.15) is 9.97 Å². The van der Waals surface area contributed by atoms with Crippen LogP contribution in [0, 0.1) is 22.6 Å². The number of piperazine rings is 2. The van der Waals surface area contributed by atoms with Gasteiger partial charge in [0.15, 0.2) is 5.82 Å². The van der Waals surface area contributed by atoms with E-state index in [-0.39, 0.29) is 52.5 Å². The average Bonchev–Trinajstić information content (AvgIpc) is 3.93. The van der Waals surface area contributed by atoms with Crippen molar-refractivity contribution in [3.63, 3.8) is 0 Å². The molecule has 3 N–H and O–H groups in total. The van der Waals surface area contributed by atoms with Gasteiger partial charge in [0.2, 0.25) is 11.8 Å². The summed E-state index contributed by atoms with van der Waals surface area (Å²) in [6.07, 6.45) is 11.7. The summed E-state index contributed by atoms with van der Waals surface area (Å²) in [5.41, 5.74) is 3.82. The van der Waals surface area contributed by atoms with E-state index >= 15 is 4.39 Å². The molecule has 71 heavy (non-hydrogen) atoms. The minimum atomic E-state index is -0.601. The van der Waals surface area contributed by atoms with Crippen LogP contribution in [0.4, 0.5) is 15.9 Å². The third-order valence-corrected chi connectivity index (χ3v) is 17.8. The van der Waals surface area contributed by atoms with Crippen LogP contribution in [0.3, 0.4) is 0 Å². The number of imide groups is 1. The lowest BCUT2D eigenvalue weighted by atomic mass is 9.57. The number of phenols is 1. The predicted octanol–water partition coefficient (Wildman–Crippen LogP) is 6.52. The Bertz CT molecular complexity index is 2970. The SMILES string of the molecule is O=C1CC[C@H](N2Cc3cc(N4CCN(CC5CC6(CCN(CC7(COc8nc(N9CC%10CCC(C9)N%10)c9cnc(-c%10cc(O)cc%11cccc(Cl)c%10%11)c(F)c9n8)CC7)CC6)C5)CC4)ccc3C2=O)C(=O)N1. The zero-order valence-electron chi connectivity index (χ0n) is 40.0. The van der Waals surface area contributed by atoms with E-state index < -0.39 is 11.9 Å². The van der Waals surface area contributed by atoms with E-state index in [9.17, 15) is 19.5 Å². The fourth-order valence-electron chi connectivity index (χ4n) is 13.5. The van der Waals surface area contributed by atoms with Gasteiger partial charge in [0.1, 0.15) is 28.8 Å². The van der Waals surface area contributed by atoms with Gasteiger partial charge in [0, 0.05) is 116 Å². The quantitative estimate of drug-likeness (QED) is 0.123. The first-order valence-corrected chi connectivity index (χ1v) is 26.2. The number of hydrogen-bond acceptors (Lipinski definition) is 13. The molecule has 370 valence electrons. The summed E-state index contributed by atoms with van der Waals surface area (Å²) in [6.45, 7) is 10.6. The number of phenolic OH excluding ortho intramolecular Hbond substituents is 1. The molecule has 2 aliphatic carbocycles. The highest BCUT2D eigenvalue weighted by molar-refractivity contribution is 6.36. The Balaban J connectivity index is 0.618. The Kier molecular flexibility index (Phi) is 11.2. The van der Waals surface area contributed by atoms with Crippen molar-refractivity contribution in [1.29, 1.82) is 0 Å². The summed E-state index contributed by atoms with van der Waals surface area (Å²) < 4.78 is 23.6. The maximum atomic E-state index is 17.1. The third-order valence-electron chi connectivity index (χ3n) is 17.5. The number of halogens is 2. The largest absolute Gasteiger partial charge is 0.508 e. The topological polar surface area (TPSA) is 160 Å². The highest BCUT2D eigenvalue weighted by Gasteiger charge is 2.50. The first-order chi connectivity index (χ1) is 34.4. The molecular weight excluding hydrogens is 923 g/mol. The summed E-state index contributed by atoms with van der Waals surface area (Å²) in [5.74, 6) is -0.00831. The van der Waals surface area contributed by atoms with Crippen LogP contribution in [0.1, 0.15) is 80.1 Å². The van der Waals surface area contributed by atoms with Gasteiger partial charge in [0.25, 0.3) is 5.91 Å². The second-order valence-corrected chi connectivity index (χ2v) is 22.7. The van der Waals surface area contributed by atoms with Gasteiger partial charge < -0.3 is 34.8 Å². The monoisotopic (exact) mass is 982 g/mol. The number of carbonyl (C=O) groups excluding carboxylic acids is 3. The zero-order valence-corrected chi connectivity index (χ0v) is 40.7. The van der Waals surface area contributed by atoms with Crippen molar-refractivity contribution in [2.75, 3.05) is 81.9 Å². The molecule has 3 aromatic carbocycles. The minimum Gasteiger partial charge on any atom is -0.508 e. The van der Waals surface area contributed by atoms with E-state index in [1.54, 1.807) is 29.3 Å². The molecule has 2 saturated carbocycles. The Morgan fingerprint density at radius 3 is 2.41 bits per heavy atom. The van der Waals surface area contributed by atoms with Gasteiger partial charge in [-0.05, 0) is 130 Å². The normalized spacial score (nSPS) is 25.3. The third kappa shape index (κ3) is 8.41. The number of aromatic nitrogens is 3. The molecule has 13 rings (SSSR count). The molecule has 5 saturated heterocycles. The number of piperidine rings is 2. The van der Waals surface area contributed by atoms with Crippen LogP contribution in [0.5, 0.6) is 11.8 Å². The number of rotatable bonds is 11. The second-order valence-electron chi connectivity index (χ2n) is 22.3. The molecule has 6 aliphatic heterocycles. The summed E-state index contributed by atoms with van der Waals surface area (Å²) in [6, 6.07) is 14.9. The van der Waals surface area contributed by atoms with E-state index in [2.05, 4.69) is 41.3 Å². The molecule has 0 radical (unpaired) electrons. The summed E-state index contributed by atoms with van der Waals surface area (Å²) in [4.78, 5) is 63.4. The highest BCUT2D eigenvalue weighted by Crippen LogP contribution is 2.54. The molecule has 3 atom stereocenters. The van der Waals surface area contributed by atoms with Crippen LogP contribution in [0.25, 0.3) is 32.9 Å². The smallest absolute Gasteiger partial charge is 0.319 e. The Labute approximate surface area is 417 Å². The number of amides is 3. The van der Waals surface area contributed by atoms with Crippen molar-refractivity contribution in [3.8, 4) is 23.0 Å². The zero-order chi connectivity index (χ0) is 48.2. The first-order valence-electron chi connectivity index (χ1n) is 25.8. The maximum absolute atomic E-state index is 17.1. The number of carbonyl (C=O) groups is 3. The van der Waals surface area contributed by atoms with Crippen LogP contribution in [0.15, 0.2) is 54.7 Å². The Morgan fingerprint density at radius 1 is 0.859 bits per heavy atom. The second kappa shape index (κ2) is 17.5. The molecular formula is C54H60ClFN10O5. The number of fused-ring (bicyclic) bond motifs is 5. The molecule has 1 spiro atoms. The molecule has 2 unspecified atom stereocenters. The van der Waals surface area contributed by atoms with E-state index in [4.69, 9.17) is 26.3 Å². The van der Waals surface area contributed by atoms with Crippen molar-refractivity contribution in [2.45, 2.75) is 88.9 Å². The molecule has 2 bridgehead atoms. The number of hydrogen-bond donors (Lipinski definition) is 3. The number of nitrogens with one attached hydrogen (secondary N) is 2. The van der Waals surface area contributed by atoms with Gasteiger partial charge in [-0.25, -0.2) is 4.39 Å². The van der Waals surface area contributed by atoms with E-state index in [1.807, 2.05) is 18.2 Å². The minimum absolute atomic E-state index is 0.00284. The fourth-order valence-corrected chi connectivity index (χ4v) is 13.7. The van der Waals surface area contributed by atoms with E-state index in [0.29, 0.717) is 75.2 Å². The lowest BCUT2D eigenvalue weighted by Crippen LogP contribution is -2.53. The van der Waals surface area contributed by atoms with Gasteiger partial charge >= 0.3 is 6.01 Å². The standard InChI is InChI=1S/C54H60ClFN10O5/c55-42-3-1-2-33-21-38(67)22-40(45(33)42)47-46(56)48-41(25-57-47)49(65-28-35-4-5-36(29-65)58-35)61-52(60-48)71-31-54(10-11-54)30-63-14-12-53(13-15-63)23-32(24-53)26-62-16-18-64(19-17-62)37-6-7-39-34(20-37)27-66(51(39)70)43-8-9-44(68)59-50(43)69/h1-3,6-7,20-22,25,32,35-36,43,58,67H,4-5,8-19,23-24,26-31H2,(H,59,68,69)/t35?,36?,43-/m0/s1. The van der Waals surface area contributed by atoms with Crippen molar-refractivity contribution in [2.24, 2.45) is 16.7 Å². The predicted molar refractivity (Wildman–Crippen MR) is 268 cm³/mol. The number of pyridine rings is 1. The van der Waals surface area contributed by atoms with Crippen molar-refractivity contribution >= 4 is 62.5 Å². The molecule has 3 amide bonds. The lowest BCUT2D eigenvalue weighted by molar-refractivity contribution is -0.136. The Morgan fingerprint density at radius 2 is 1.65 bits per heavy atom. The summed E-state index contributed by atoms with van der Waals surface area (Å²) >= 11 is 6.68. The van der Waals surface area contributed by atoms with E-state index in [1.165, 1.54) is 31.7 Å². The first kappa shape index (κ1) is 45.2. The molecule has 8 aliphatic rings. The Hall–Kier alpha value is -5.68. The average molecular weight is 984 g/mol. The van der Waals surface area contributed by atoms with Crippen LogP contribution in [0.2, 0.25) is 5.02 Å². The molecule has 2 aromatic heterocycles. The number of aromatic hydroxyl groups is 1. The van der Waals surface area contributed by atoms with Gasteiger partial charge in [-0.1, -0.05) is 23.7 Å². The van der Waals surface area contributed by atoms with Gasteiger partial charge in [-0.15, -0.1) is 0 Å². The molecule has 17 heteroatoms. The number of nitrogens with zero attached hydrogens (tertiary/aromatic N) is 8. The van der Waals surface area contributed by atoms with Crippen LogP contribution < -0.4 is 25.2 Å². The van der Waals surface area contributed by atoms with Gasteiger partial charge in [0.05, 0.1) is 12.0 Å². The van der Waals surface area contributed by atoms with Crippen molar-refractivity contribution in [1.82, 2.24) is 40.3 Å². The molecule has 15 nitrogen and oxygen atoms in total. The lowest BCUT2D eigenvalue weighted by Gasteiger charge is -2.54. The highest BCUT2D eigenvalue weighted by atomic mass is 35.5. The number of benzene rings is 3. The van der Waals surface area contributed by atoms with Gasteiger partial charge in [-0.3, -0.25) is 29.6 Å².